The highest BCUT2D eigenvalue weighted by molar-refractivity contribution is 7.86. The van der Waals surface area contributed by atoms with E-state index in [0.717, 1.165) is 5.56 Å². The molecule has 0 fully saturated rings. The van der Waals surface area contributed by atoms with E-state index in [0.29, 0.717) is 0 Å². The summed E-state index contributed by atoms with van der Waals surface area (Å²) in [7, 11) is -2.51. The van der Waals surface area contributed by atoms with Gasteiger partial charge in [0.1, 0.15) is 19.6 Å². The van der Waals surface area contributed by atoms with Crippen LogP contribution in [0.5, 0.6) is 0 Å². The molecule has 5 nitrogen and oxygen atoms in total. The van der Waals surface area contributed by atoms with E-state index >= 15 is 0 Å². The van der Waals surface area contributed by atoms with E-state index in [1.807, 2.05) is 6.92 Å². The van der Waals surface area contributed by atoms with Gasteiger partial charge in [0, 0.05) is 7.11 Å². The summed E-state index contributed by atoms with van der Waals surface area (Å²) in [6.07, 6.45) is -0.972. The molecule has 0 unspecified atom stereocenters. The van der Waals surface area contributed by atoms with Gasteiger partial charge >= 0.3 is 0 Å². The lowest BCUT2D eigenvalue weighted by Gasteiger charge is -2.14. The smallest absolute Gasteiger partial charge is 0.297 e. The van der Waals surface area contributed by atoms with E-state index in [2.05, 4.69) is 4.74 Å². The molecule has 1 rings (SSSR count). The molecule has 0 N–H and O–H groups in total. The average Bonchev–Trinajstić information content (AvgIpc) is 2.39. The molecule has 0 aliphatic rings. The van der Waals surface area contributed by atoms with Crippen LogP contribution in [0.2, 0.25) is 0 Å². The second kappa shape index (κ2) is 7.54. The standard InChI is InChI=1S/C12H17FO5S/c1-10-3-5-12(6-4-10)19(14,15)18-8-11(7-13)17-9-16-2/h3-6,11H,7-9H2,1-2H3/t11-/m0/s1. The van der Waals surface area contributed by atoms with Gasteiger partial charge in [-0.1, -0.05) is 17.7 Å². The van der Waals surface area contributed by atoms with E-state index in [4.69, 9.17) is 8.92 Å². The van der Waals surface area contributed by atoms with Gasteiger partial charge in [0.2, 0.25) is 0 Å². The molecule has 0 spiro atoms. The van der Waals surface area contributed by atoms with Crippen molar-refractivity contribution in [2.75, 3.05) is 27.2 Å². The fourth-order valence-electron chi connectivity index (χ4n) is 1.24. The Hall–Kier alpha value is -1.02. The number of hydrogen-bond acceptors (Lipinski definition) is 5. The van der Waals surface area contributed by atoms with Crippen molar-refractivity contribution in [1.82, 2.24) is 0 Å². The van der Waals surface area contributed by atoms with E-state index < -0.39 is 29.5 Å². The second-order valence-corrected chi connectivity index (χ2v) is 5.52. The van der Waals surface area contributed by atoms with Crippen LogP contribution in [0.15, 0.2) is 29.2 Å². The van der Waals surface area contributed by atoms with Crippen LogP contribution < -0.4 is 0 Å². The summed E-state index contributed by atoms with van der Waals surface area (Å²) in [5, 5.41) is 0. The summed E-state index contributed by atoms with van der Waals surface area (Å²) in [5.41, 5.74) is 0.934. The van der Waals surface area contributed by atoms with Gasteiger partial charge in [-0.25, -0.2) is 4.39 Å². The summed E-state index contributed by atoms with van der Waals surface area (Å²) >= 11 is 0. The van der Waals surface area contributed by atoms with Crippen molar-refractivity contribution in [3.63, 3.8) is 0 Å². The molecular formula is C12H17FO5S. The minimum absolute atomic E-state index is 0.0300. The van der Waals surface area contributed by atoms with E-state index in [9.17, 15) is 12.8 Å². The maximum atomic E-state index is 12.6. The number of halogens is 1. The summed E-state index contributed by atoms with van der Waals surface area (Å²) in [6.45, 7) is 0.473. The number of benzene rings is 1. The van der Waals surface area contributed by atoms with Crippen LogP contribution in [0, 0.1) is 6.92 Å². The maximum Gasteiger partial charge on any atom is 0.297 e. The van der Waals surface area contributed by atoms with Crippen LogP contribution in [-0.2, 0) is 23.8 Å². The normalized spacial score (nSPS) is 13.4. The fourth-order valence-corrected chi connectivity index (χ4v) is 2.18. The topological polar surface area (TPSA) is 61.8 Å². The second-order valence-electron chi connectivity index (χ2n) is 3.90. The van der Waals surface area contributed by atoms with E-state index in [1.54, 1.807) is 12.1 Å². The van der Waals surface area contributed by atoms with Gasteiger partial charge in [-0.15, -0.1) is 0 Å². The molecule has 0 saturated carbocycles. The molecule has 0 amide bonds. The molecule has 19 heavy (non-hydrogen) atoms. The molecule has 0 aromatic heterocycles. The maximum absolute atomic E-state index is 12.6. The number of aryl methyl sites for hydroxylation is 1. The monoisotopic (exact) mass is 292 g/mol. The molecule has 0 aliphatic heterocycles. The average molecular weight is 292 g/mol. The predicted octanol–water partition coefficient (Wildman–Crippen LogP) is 1.66. The van der Waals surface area contributed by atoms with Gasteiger partial charge in [-0.2, -0.15) is 8.42 Å². The van der Waals surface area contributed by atoms with Gasteiger partial charge in [0.25, 0.3) is 10.1 Å². The Morgan fingerprint density at radius 3 is 2.42 bits per heavy atom. The largest absolute Gasteiger partial charge is 0.359 e. The third-order valence-corrected chi connectivity index (χ3v) is 3.61. The fraction of sp³-hybridized carbons (Fsp3) is 0.500. The van der Waals surface area contributed by atoms with Gasteiger partial charge in [0.15, 0.2) is 0 Å². The number of ether oxygens (including phenoxy) is 2. The van der Waals surface area contributed by atoms with Crippen molar-refractivity contribution < 1.29 is 26.5 Å². The first-order chi connectivity index (χ1) is 8.99. The van der Waals surface area contributed by atoms with E-state index in [-0.39, 0.29) is 11.7 Å². The zero-order chi connectivity index (χ0) is 14.3. The van der Waals surface area contributed by atoms with Gasteiger partial charge in [-0.05, 0) is 19.1 Å². The molecular weight excluding hydrogens is 275 g/mol. The Morgan fingerprint density at radius 2 is 1.89 bits per heavy atom. The highest BCUT2D eigenvalue weighted by Crippen LogP contribution is 2.14. The molecule has 0 heterocycles. The van der Waals surface area contributed by atoms with E-state index in [1.165, 1.54) is 19.2 Å². The lowest BCUT2D eigenvalue weighted by Crippen LogP contribution is -2.25. The van der Waals surface area contributed by atoms with Crippen LogP contribution in [-0.4, -0.2) is 41.7 Å². The van der Waals surface area contributed by atoms with Crippen LogP contribution in [0.25, 0.3) is 0 Å². The van der Waals surface area contributed by atoms with Gasteiger partial charge in [0.05, 0.1) is 11.5 Å². The lowest BCUT2D eigenvalue weighted by atomic mass is 10.2. The Bertz CT molecular complexity index is 471. The Morgan fingerprint density at radius 1 is 1.26 bits per heavy atom. The zero-order valence-electron chi connectivity index (χ0n) is 10.8. The van der Waals surface area contributed by atoms with Crippen molar-refractivity contribution in [1.29, 1.82) is 0 Å². The number of methoxy groups -OCH3 is 1. The summed E-state index contributed by atoms with van der Waals surface area (Å²) in [6, 6.07) is 6.19. The summed E-state index contributed by atoms with van der Waals surface area (Å²) < 4.78 is 50.4. The molecule has 1 aromatic rings. The molecule has 0 saturated heterocycles. The van der Waals surface area contributed by atoms with Crippen molar-refractivity contribution >= 4 is 10.1 Å². The molecule has 0 aliphatic carbocycles. The molecule has 1 atom stereocenters. The highest BCUT2D eigenvalue weighted by atomic mass is 32.2. The minimum Gasteiger partial charge on any atom is -0.359 e. The third kappa shape index (κ3) is 5.23. The summed E-state index contributed by atoms with van der Waals surface area (Å²) in [4.78, 5) is 0.0300. The van der Waals surface area contributed by atoms with Crippen molar-refractivity contribution in [3.05, 3.63) is 29.8 Å². The number of alkyl halides is 1. The molecule has 0 bridgehead atoms. The van der Waals surface area contributed by atoms with Crippen molar-refractivity contribution in [3.8, 4) is 0 Å². The Kier molecular flexibility index (Phi) is 6.36. The number of rotatable bonds is 8. The summed E-state index contributed by atoms with van der Waals surface area (Å²) in [5.74, 6) is 0. The van der Waals surface area contributed by atoms with Gasteiger partial charge < -0.3 is 9.47 Å². The predicted molar refractivity (Wildman–Crippen MR) is 67.0 cm³/mol. The third-order valence-electron chi connectivity index (χ3n) is 2.31. The Balaban J connectivity index is 2.61. The van der Waals surface area contributed by atoms with Crippen LogP contribution in [0.3, 0.4) is 0 Å². The van der Waals surface area contributed by atoms with Crippen LogP contribution in [0.4, 0.5) is 4.39 Å². The zero-order valence-corrected chi connectivity index (χ0v) is 11.7. The quantitative estimate of drug-likeness (QED) is 0.538. The first kappa shape index (κ1) is 16.0. The van der Waals surface area contributed by atoms with Crippen LogP contribution >= 0.6 is 0 Å². The van der Waals surface area contributed by atoms with Crippen LogP contribution in [0.1, 0.15) is 5.56 Å². The van der Waals surface area contributed by atoms with Crippen molar-refractivity contribution in [2.45, 2.75) is 17.9 Å². The molecule has 1 aromatic carbocycles. The van der Waals surface area contributed by atoms with Gasteiger partial charge in [-0.3, -0.25) is 4.18 Å². The Labute approximate surface area is 112 Å². The van der Waals surface area contributed by atoms with Crippen molar-refractivity contribution in [2.24, 2.45) is 0 Å². The highest BCUT2D eigenvalue weighted by Gasteiger charge is 2.18. The SMILES string of the molecule is COCO[C@@H](CF)COS(=O)(=O)c1ccc(C)cc1. The molecule has 0 radical (unpaired) electrons. The first-order valence-corrected chi connectivity index (χ1v) is 7.03. The number of hydrogen-bond donors (Lipinski definition) is 0. The first-order valence-electron chi connectivity index (χ1n) is 5.62. The minimum atomic E-state index is -3.89. The molecule has 108 valence electrons. The lowest BCUT2D eigenvalue weighted by molar-refractivity contribution is -0.0893. The molecule has 7 heteroatoms.